The van der Waals surface area contributed by atoms with E-state index in [0.717, 1.165) is 14.5 Å². The third-order valence-electron chi connectivity index (χ3n) is 2.52. The molecule has 0 bridgehead atoms. The predicted molar refractivity (Wildman–Crippen MR) is 85.0 cm³/mol. The summed E-state index contributed by atoms with van der Waals surface area (Å²) in [6.45, 7) is 2.01. The second kappa shape index (κ2) is 6.24. The highest BCUT2D eigenvalue weighted by Crippen LogP contribution is 2.37. The van der Waals surface area contributed by atoms with E-state index in [4.69, 9.17) is 5.73 Å². The molecule has 0 aliphatic rings. The molecule has 4 heteroatoms. The Morgan fingerprint density at radius 2 is 1.78 bits per heavy atom. The molecule has 0 aliphatic carbocycles. The molecule has 1 unspecified atom stereocenters. The summed E-state index contributed by atoms with van der Waals surface area (Å²) < 4.78 is 2.17. The highest BCUT2D eigenvalue weighted by atomic mass is 79.9. The number of rotatable bonds is 3. The van der Waals surface area contributed by atoms with Crippen molar-refractivity contribution in [3.8, 4) is 0 Å². The molecule has 0 aromatic heterocycles. The molecule has 2 N–H and O–H groups in total. The highest BCUT2D eigenvalue weighted by Gasteiger charge is 2.10. The van der Waals surface area contributed by atoms with Gasteiger partial charge in [-0.2, -0.15) is 0 Å². The van der Waals surface area contributed by atoms with Crippen LogP contribution in [0.2, 0.25) is 0 Å². The Balaban J connectivity index is 2.37. The average Bonchev–Trinajstić information content (AvgIpc) is 2.34. The van der Waals surface area contributed by atoms with Gasteiger partial charge in [0.2, 0.25) is 0 Å². The van der Waals surface area contributed by atoms with E-state index in [9.17, 15) is 0 Å². The van der Waals surface area contributed by atoms with Crippen molar-refractivity contribution in [2.24, 2.45) is 5.73 Å². The Kier molecular flexibility index (Phi) is 4.90. The van der Waals surface area contributed by atoms with E-state index in [1.54, 1.807) is 11.8 Å². The van der Waals surface area contributed by atoms with Gasteiger partial charge in [0.05, 0.1) is 0 Å². The van der Waals surface area contributed by atoms with E-state index in [0.29, 0.717) is 0 Å². The third-order valence-corrected chi connectivity index (χ3v) is 5.13. The summed E-state index contributed by atoms with van der Waals surface area (Å²) in [5.41, 5.74) is 7.19. The lowest BCUT2D eigenvalue weighted by molar-refractivity contribution is 0.796. The molecule has 0 radical (unpaired) electrons. The summed E-state index contributed by atoms with van der Waals surface area (Å²) in [7, 11) is 0. The predicted octanol–water partition coefficient (Wildman–Crippen LogP) is 5.38. The van der Waals surface area contributed by atoms with Crippen LogP contribution in [0.4, 0.5) is 0 Å². The Bertz CT molecular complexity index is 555. The summed E-state index contributed by atoms with van der Waals surface area (Å²) in [5, 5.41) is 0. The molecule has 0 spiro atoms. The zero-order valence-corrected chi connectivity index (χ0v) is 13.8. The standard InChI is InChI=1S/C14H13Br2NS/c1-9(17)11-8-10(15)6-7-13(11)18-14-5-3-2-4-12(14)16/h2-9H,17H2,1H3. The van der Waals surface area contributed by atoms with E-state index in [2.05, 4.69) is 50.1 Å². The van der Waals surface area contributed by atoms with Crippen LogP contribution in [0, 0.1) is 0 Å². The summed E-state index contributed by atoms with van der Waals surface area (Å²) >= 11 is 8.79. The summed E-state index contributed by atoms with van der Waals surface area (Å²) in [6, 6.07) is 14.5. The van der Waals surface area contributed by atoms with Gasteiger partial charge in [0.1, 0.15) is 0 Å². The fourth-order valence-electron chi connectivity index (χ4n) is 1.61. The fourth-order valence-corrected chi connectivity index (χ4v) is 3.57. The van der Waals surface area contributed by atoms with E-state index < -0.39 is 0 Å². The molecule has 1 nitrogen and oxygen atoms in total. The fraction of sp³-hybridized carbons (Fsp3) is 0.143. The summed E-state index contributed by atoms with van der Waals surface area (Å²) in [5.74, 6) is 0. The van der Waals surface area contributed by atoms with Crippen molar-refractivity contribution in [1.82, 2.24) is 0 Å². The van der Waals surface area contributed by atoms with Crippen LogP contribution in [-0.2, 0) is 0 Å². The van der Waals surface area contributed by atoms with Crippen LogP contribution in [0.25, 0.3) is 0 Å². The Morgan fingerprint density at radius 1 is 1.06 bits per heavy atom. The lowest BCUT2D eigenvalue weighted by atomic mass is 10.1. The molecular formula is C14H13Br2NS. The SMILES string of the molecule is CC(N)c1cc(Br)ccc1Sc1ccccc1Br. The van der Waals surface area contributed by atoms with Gasteiger partial charge in [-0.15, -0.1) is 0 Å². The second-order valence-corrected chi connectivity index (χ2v) is 6.86. The highest BCUT2D eigenvalue weighted by molar-refractivity contribution is 9.10. The minimum absolute atomic E-state index is 0.0208. The molecule has 1 atom stereocenters. The normalized spacial score (nSPS) is 12.4. The van der Waals surface area contributed by atoms with Crippen molar-refractivity contribution in [3.63, 3.8) is 0 Å². The number of nitrogens with two attached hydrogens (primary N) is 1. The van der Waals surface area contributed by atoms with Crippen molar-refractivity contribution < 1.29 is 0 Å². The van der Waals surface area contributed by atoms with Crippen molar-refractivity contribution in [2.75, 3.05) is 0 Å². The van der Waals surface area contributed by atoms with Gasteiger partial charge in [-0.05, 0) is 58.7 Å². The first kappa shape index (κ1) is 14.1. The zero-order valence-electron chi connectivity index (χ0n) is 9.86. The minimum atomic E-state index is 0.0208. The van der Waals surface area contributed by atoms with Crippen molar-refractivity contribution >= 4 is 43.6 Å². The van der Waals surface area contributed by atoms with Gasteiger partial charge in [-0.1, -0.05) is 39.8 Å². The first-order valence-corrected chi connectivity index (χ1v) is 7.95. The number of hydrogen-bond acceptors (Lipinski definition) is 2. The molecule has 94 valence electrons. The molecule has 0 fully saturated rings. The van der Waals surface area contributed by atoms with Crippen LogP contribution in [0.3, 0.4) is 0 Å². The van der Waals surface area contributed by atoms with Crippen molar-refractivity contribution in [3.05, 3.63) is 57.0 Å². The molecule has 0 saturated carbocycles. The van der Waals surface area contributed by atoms with Crippen LogP contribution in [0.1, 0.15) is 18.5 Å². The third kappa shape index (κ3) is 3.38. The number of benzene rings is 2. The smallest absolute Gasteiger partial charge is 0.0314 e. The Hall–Kier alpha value is -0.290. The lowest BCUT2D eigenvalue weighted by Gasteiger charge is -2.13. The number of hydrogen-bond donors (Lipinski definition) is 1. The van der Waals surface area contributed by atoms with Gasteiger partial charge < -0.3 is 5.73 Å². The van der Waals surface area contributed by atoms with Gasteiger partial charge in [0.25, 0.3) is 0 Å². The first-order chi connectivity index (χ1) is 8.58. The maximum Gasteiger partial charge on any atom is 0.0314 e. The lowest BCUT2D eigenvalue weighted by Crippen LogP contribution is -2.06. The van der Waals surface area contributed by atoms with Crippen LogP contribution in [0.15, 0.2) is 61.2 Å². The average molecular weight is 387 g/mol. The molecule has 2 aromatic carbocycles. The van der Waals surface area contributed by atoms with Crippen LogP contribution >= 0.6 is 43.6 Å². The van der Waals surface area contributed by atoms with Crippen molar-refractivity contribution in [2.45, 2.75) is 22.8 Å². The van der Waals surface area contributed by atoms with Crippen molar-refractivity contribution in [1.29, 1.82) is 0 Å². The van der Waals surface area contributed by atoms with Crippen LogP contribution < -0.4 is 5.73 Å². The van der Waals surface area contributed by atoms with Gasteiger partial charge in [0.15, 0.2) is 0 Å². The van der Waals surface area contributed by atoms with Gasteiger partial charge in [-0.25, -0.2) is 0 Å². The Labute approximate surface area is 128 Å². The van der Waals surface area contributed by atoms with Crippen LogP contribution in [-0.4, -0.2) is 0 Å². The van der Waals surface area contributed by atoms with Gasteiger partial charge >= 0.3 is 0 Å². The molecule has 18 heavy (non-hydrogen) atoms. The minimum Gasteiger partial charge on any atom is -0.324 e. The first-order valence-electron chi connectivity index (χ1n) is 5.55. The topological polar surface area (TPSA) is 26.0 Å². The van der Waals surface area contributed by atoms with Gasteiger partial charge in [-0.3, -0.25) is 0 Å². The molecule has 0 amide bonds. The maximum atomic E-state index is 6.03. The van der Waals surface area contributed by atoms with Gasteiger partial charge in [0, 0.05) is 24.8 Å². The molecular weight excluding hydrogens is 374 g/mol. The largest absolute Gasteiger partial charge is 0.324 e. The summed E-state index contributed by atoms with van der Waals surface area (Å²) in [4.78, 5) is 2.39. The molecule has 0 heterocycles. The molecule has 0 saturated heterocycles. The molecule has 2 rings (SSSR count). The maximum absolute atomic E-state index is 6.03. The van der Waals surface area contributed by atoms with E-state index in [-0.39, 0.29) is 6.04 Å². The molecule has 0 aliphatic heterocycles. The van der Waals surface area contributed by atoms with Crippen LogP contribution in [0.5, 0.6) is 0 Å². The number of halogens is 2. The zero-order chi connectivity index (χ0) is 13.1. The monoisotopic (exact) mass is 385 g/mol. The summed E-state index contributed by atoms with van der Waals surface area (Å²) in [6.07, 6.45) is 0. The van der Waals surface area contributed by atoms with E-state index in [1.807, 2.05) is 31.2 Å². The van der Waals surface area contributed by atoms with E-state index in [1.165, 1.54) is 9.79 Å². The quantitative estimate of drug-likeness (QED) is 0.765. The van der Waals surface area contributed by atoms with E-state index >= 15 is 0 Å². The molecule has 2 aromatic rings. The Morgan fingerprint density at radius 3 is 2.44 bits per heavy atom. The second-order valence-electron chi connectivity index (χ2n) is 4.00.